The predicted octanol–water partition coefficient (Wildman–Crippen LogP) is 2.39. The van der Waals surface area contributed by atoms with Crippen molar-refractivity contribution in [3.05, 3.63) is 21.4 Å². The number of rotatable bonds is 1. The molecule has 0 radical (unpaired) electrons. The topological polar surface area (TPSA) is 49.9 Å². The van der Waals surface area contributed by atoms with E-state index < -0.39 is 0 Å². The Labute approximate surface area is 146 Å². The highest BCUT2D eigenvalue weighted by Gasteiger charge is 2.43. The van der Waals surface area contributed by atoms with Crippen molar-refractivity contribution < 1.29 is 14.3 Å². The van der Waals surface area contributed by atoms with Gasteiger partial charge < -0.3 is 14.5 Å². The van der Waals surface area contributed by atoms with Gasteiger partial charge in [-0.05, 0) is 37.3 Å². The summed E-state index contributed by atoms with van der Waals surface area (Å²) in [6.07, 6.45) is 4.78. The van der Waals surface area contributed by atoms with Crippen molar-refractivity contribution in [1.82, 2.24) is 9.80 Å². The largest absolute Gasteiger partial charge is 0.370 e. The maximum Gasteiger partial charge on any atom is 0.263 e. The van der Waals surface area contributed by atoms with Crippen molar-refractivity contribution >= 4 is 23.2 Å². The molecule has 1 spiro atoms. The Balaban J connectivity index is 1.59. The van der Waals surface area contributed by atoms with E-state index in [1.165, 1.54) is 10.4 Å². The standard InChI is InChI=1S/C18H24N2O3S/c1-13(21)19-9-5-18(6-10-19)14-12-16(24-15(14)4-11-23-18)17(22)20-7-2-3-8-20/h12H,2-11H2,1H3. The monoisotopic (exact) mass is 348 g/mol. The van der Waals surface area contributed by atoms with Gasteiger partial charge >= 0.3 is 0 Å². The zero-order chi connectivity index (χ0) is 16.7. The Morgan fingerprint density at radius 2 is 1.83 bits per heavy atom. The molecule has 24 heavy (non-hydrogen) atoms. The summed E-state index contributed by atoms with van der Waals surface area (Å²) < 4.78 is 6.22. The Kier molecular flexibility index (Phi) is 4.12. The van der Waals surface area contributed by atoms with Crippen molar-refractivity contribution in [2.24, 2.45) is 0 Å². The summed E-state index contributed by atoms with van der Waals surface area (Å²) in [5, 5.41) is 0. The van der Waals surface area contributed by atoms with E-state index in [0.717, 1.165) is 63.2 Å². The summed E-state index contributed by atoms with van der Waals surface area (Å²) in [5.41, 5.74) is 0.920. The number of carbonyl (C=O) groups is 2. The number of amides is 2. The van der Waals surface area contributed by atoms with Crippen LogP contribution in [-0.2, 0) is 21.6 Å². The maximum absolute atomic E-state index is 12.7. The van der Waals surface area contributed by atoms with Crippen molar-refractivity contribution in [3.63, 3.8) is 0 Å². The average molecular weight is 348 g/mol. The van der Waals surface area contributed by atoms with Gasteiger partial charge in [0.15, 0.2) is 0 Å². The molecule has 4 heterocycles. The molecule has 0 aromatic carbocycles. The number of thiophene rings is 1. The molecule has 1 aromatic rings. The van der Waals surface area contributed by atoms with Crippen LogP contribution in [0.2, 0.25) is 0 Å². The predicted molar refractivity (Wildman–Crippen MR) is 92.3 cm³/mol. The van der Waals surface area contributed by atoms with Crippen LogP contribution in [0.4, 0.5) is 0 Å². The molecule has 0 aliphatic carbocycles. The van der Waals surface area contributed by atoms with Gasteiger partial charge in [-0.1, -0.05) is 0 Å². The summed E-state index contributed by atoms with van der Waals surface area (Å²) in [7, 11) is 0. The molecule has 0 N–H and O–H groups in total. The van der Waals surface area contributed by atoms with Gasteiger partial charge in [0.1, 0.15) is 0 Å². The van der Waals surface area contributed by atoms with E-state index in [0.29, 0.717) is 6.61 Å². The van der Waals surface area contributed by atoms with Crippen molar-refractivity contribution in [2.45, 2.75) is 44.6 Å². The molecule has 0 unspecified atom stereocenters. The molecule has 3 aliphatic heterocycles. The van der Waals surface area contributed by atoms with Gasteiger partial charge in [-0.2, -0.15) is 0 Å². The van der Waals surface area contributed by atoms with E-state index >= 15 is 0 Å². The highest BCUT2D eigenvalue weighted by Crippen LogP contribution is 2.44. The third kappa shape index (κ3) is 2.65. The SMILES string of the molecule is CC(=O)N1CCC2(CC1)OCCc1sc(C(=O)N3CCCC3)cc12. The smallest absolute Gasteiger partial charge is 0.263 e. The highest BCUT2D eigenvalue weighted by molar-refractivity contribution is 7.14. The number of fused-ring (bicyclic) bond motifs is 2. The van der Waals surface area contributed by atoms with Crippen molar-refractivity contribution in [1.29, 1.82) is 0 Å². The molecule has 130 valence electrons. The fourth-order valence-electron chi connectivity index (χ4n) is 4.19. The fourth-order valence-corrected chi connectivity index (χ4v) is 5.39. The van der Waals surface area contributed by atoms with Crippen LogP contribution in [0.15, 0.2) is 6.07 Å². The minimum Gasteiger partial charge on any atom is -0.370 e. The first-order chi connectivity index (χ1) is 11.6. The number of hydrogen-bond donors (Lipinski definition) is 0. The minimum absolute atomic E-state index is 0.135. The van der Waals surface area contributed by atoms with Crippen LogP contribution >= 0.6 is 11.3 Å². The number of piperidine rings is 1. The second-order valence-electron chi connectivity index (χ2n) is 7.05. The van der Waals surface area contributed by atoms with Gasteiger partial charge in [0.2, 0.25) is 5.91 Å². The third-order valence-electron chi connectivity index (χ3n) is 5.63. The normalized spacial score (nSPS) is 22.7. The number of ether oxygens (including phenoxy) is 1. The summed E-state index contributed by atoms with van der Waals surface area (Å²) in [4.78, 5) is 30.4. The lowest BCUT2D eigenvalue weighted by atomic mass is 9.82. The fraction of sp³-hybridized carbons (Fsp3) is 0.667. The highest BCUT2D eigenvalue weighted by atomic mass is 32.1. The molecule has 0 atom stereocenters. The zero-order valence-electron chi connectivity index (χ0n) is 14.2. The molecule has 0 bridgehead atoms. The van der Waals surface area contributed by atoms with Crippen LogP contribution < -0.4 is 0 Å². The lowest BCUT2D eigenvalue weighted by molar-refractivity contribution is -0.138. The Morgan fingerprint density at radius 1 is 1.12 bits per heavy atom. The number of hydrogen-bond acceptors (Lipinski definition) is 4. The van der Waals surface area contributed by atoms with Crippen molar-refractivity contribution in [2.75, 3.05) is 32.8 Å². The van der Waals surface area contributed by atoms with Crippen LogP contribution in [0.1, 0.15) is 52.7 Å². The van der Waals surface area contributed by atoms with E-state index in [4.69, 9.17) is 4.74 Å². The van der Waals surface area contributed by atoms with Crippen LogP contribution in [0.5, 0.6) is 0 Å². The van der Waals surface area contributed by atoms with Gasteiger partial charge in [0.25, 0.3) is 5.91 Å². The van der Waals surface area contributed by atoms with Gasteiger partial charge in [-0.25, -0.2) is 0 Å². The van der Waals surface area contributed by atoms with Crippen LogP contribution in [-0.4, -0.2) is 54.4 Å². The molecule has 2 saturated heterocycles. The molecular formula is C18H24N2O3S. The summed E-state index contributed by atoms with van der Waals surface area (Å²) in [6.45, 7) is 5.58. The molecule has 5 nitrogen and oxygen atoms in total. The van der Waals surface area contributed by atoms with Crippen LogP contribution in [0, 0.1) is 0 Å². The van der Waals surface area contributed by atoms with Gasteiger partial charge in [-0.3, -0.25) is 9.59 Å². The molecule has 2 fully saturated rings. The van der Waals surface area contributed by atoms with Gasteiger partial charge in [-0.15, -0.1) is 11.3 Å². The van der Waals surface area contributed by atoms with E-state index in [9.17, 15) is 9.59 Å². The molecule has 0 saturated carbocycles. The maximum atomic E-state index is 12.7. The van der Waals surface area contributed by atoms with E-state index in [-0.39, 0.29) is 17.4 Å². The second kappa shape index (κ2) is 6.15. The van der Waals surface area contributed by atoms with E-state index in [2.05, 4.69) is 6.07 Å². The molecule has 1 aromatic heterocycles. The molecule has 2 amide bonds. The first-order valence-electron chi connectivity index (χ1n) is 8.91. The zero-order valence-corrected chi connectivity index (χ0v) is 15.0. The number of likely N-dealkylation sites (tertiary alicyclic amines) is 2. The number of carbonyl (C=O) groups excluding carboxylic acids is 2. The lowest BCUT2D eigenvalue weighted by Crippen LogP contribution is -2.47. The average Bonchev–Trinajstić information content (AvgIpc) is 3.25. The Morgan fingerprint density at radius 3 is 2.50 bits per heavy atom. The molecule has 6 heteroatoms. The second-order valence-corrected chi connectivity index (χ2v) is 8.18. The van der Waals surface area contributed by atoms with Gasteiger partial charge in [0, 0.05) is 44.4 Å². The first kappa shape index (κ1) is 16.1. The summed E-state index contributed by atoms with van der Waals surface area (Å²) >= 11 is 1.65. The summed E-state index contributed by atoms with van der Waals surface area (Å²) in [6, 6.07) is 2.09. The lowest BCUT2D eigenvalue weighted by Gasteiger charge is -2.43. The van der Waals surface area contributed by atoms with Crippen LogP contribution in [0.3, 0.4) is 0 Å². The quantitative estimate of drug-likeness (QED) is 0.783. The van der Waals surface area contributed by atoms with E-state index in [1.54, 1.807) is 18.3 Å². The minimum atomic E-state index is -0.292. The molecule has 4 rings (SSSR count). The number of nitrogens with zero attached hydrogens (tertiary/aromatic N) is 2. The molecular weight excluding hydrogens is 324 g/mol. The first-order valence-corrected chi connectivity index (χ1v) is 9.73. The third-order valence-corrected chi connectivity index (χ3v) is 6.81. The van der Waals surface area contributed by atoms with Crippen molar-refractivity contribution in [3.8, 4) is 0 Å². The Hall–Kier alpha value is -1.40. The Bertz CT molecular complexity index is 655. The molecule has 3 aliphatic rings. The summed E-state index contributed by atoms with van der Waals surface area (Å²) in [5.74, 6) is 0.319. The van der Waals surface area contributed by atoms with Gasteiger partial charge in [0.05, 0.1) is 17.1 Å². The van der Waals surface area contributed by atoms with Crippen LogP contribution in [0.25, 0.3) is 0 Å². The van der Waals surface area contributed by atoms with E-state index in [1.807, 2.05) is 9.80 Å².